The summed E-state index contributed by atoms with van der Waals surface area (Å²) in [6.07, 6.45) is 5.41. The quantitative estimate of drug-likeness (QED) is 0.249. The van der Waals surface area contributed by atoms with Crippen molar-refractivity contribution in [1.82, 2.24) is 20.6 Å². The summed E-state index contributed by atoms with van der Waals surface area (Å²) in [6.45, 7) is 7.46. The lowest BCUT2D eigenvalue weighted by atomic mass is 10.1. The van der Waals surface area contributed by atoms with Crippen molar-refractivity contribution in [3.05, 3.63) is 59.9 Å². The second kappa shape index (κ2) is 11.5. The average Bonchev–Trinajstić information content (AvgIpc) is 3.19. The molecular weight excluding hydrogens is 515 g/mol. The number of rotatable bonds is 6. The van der Waals surface area contributed by atoms with Gasteiger partial charge >= 0.3 is 0 Å². The molecule has 3 aromatic rings. The van der Waals surface area contributed by atoms with E-state index in [0.29, 0.717) is 6.54 Å². The molecule has 7 nitrogen and oxygen atoms in total. The average molecular weight is 548 g/mol. The molecule has 0 bridgehead atoms. The molecule has 1 aromatic carbocycles. The van der Waals surface area contributed by atoms with Crippen molar-refractivity contribution in [3.8, 4) is 0 Å². The summed E-state index contributed by atoms with van der Waals surface area (Å²) in [5, 5.41) is 8.05. The maximum atomic E-state index is 5.81. The van der Waals surface area contributed by atoms with E-state index < -0.39 is 0 Å². The van der Waals surface area contributed by atoms with E-state index in [1.54, 1.807) is 7.05 Å². The molecule has 1 aliphatic heterocycles. The second-order valence-electron chi connectivity index (χ2n) is 8.15. The molecule has 32 heavy (non-hydrogen) atoms. The largest absolute Gasteiger partial charge is 0.372 e. The Morgan fingerprint density at radius 3 is 2.66 bits per heavy atom. The first-order chi connectivity index (χ1) is 15.1. The van der Waals surface area contributed by atoms with Gasteiger partial charge in [-0.15, -0.1) is 24.0 Å². The van der Waals surface area contributed by atoms with E-state index in [1.807, 2.05) is 6.20 Å². The van der Waals surface area contributed by atoms with Gasteiger partial charge in [0.05, 0.1) is 12.2 Å². The van der Waals surface area contributed by atoms with Crippen LogP contribution in [0.4, 0.5) is 5.82 Å². The highest BCUT2D eigenvalue weighted by atomic mass is 127. The van der Waals surface area contributed by atoms with Crippen molar-refractivity contribution in [1.29, 1.82) is 0 Å². The summed E-state index contributed by atoms with van der Waals surface area (Å²) in [5.74, 6) is 1.80. The summed E-state index contributed by atoms with van der Waals surface area (Å²) in [7, 11) is 1.79. The fourth-order valence-corrected chi connectivity index (χ4v) is 4.13. The van der Waals surface area contributed by atoms with E-state index in [2.05, 4.69) is 86.9 Å². The summed E-state index contributed by atoms with van der Waals surface area (Å²) in [4.78, 5) is 14.6. The molecule has 0 amide bonds. The Bertz CT molecular complexity index is 1010. The Morgan fingerprint density at radius 1 is 1.16 bits per heavy atom. The van der Waals surface area contributed by atoms with Gasteiger partial charge in [0.25, 0.3) is 0 Å². The van der Waals surface area contributed by atoms with Gasteiger partial charge in [-0.2, -0.15) is 0 Å². The van der Waals surface area contributed by atoms with Crippen LogP contribution in [0, 0.1) is 0 Å². The number of fused-ring (bicyclic) bond motifs is 1. The number of aromatic nitrogens is 2. The Balaban J connectivity index is 0.00000289. The van der Waals surface area contributed by atoms with Crippen LogP contribution in [0.5, 0.6) is 0 Å². The second-order valence-corrected chi connectivity index (χ2v) is 8.15. The third-order valence-corrected chi connectivity index (χ3v) is 5.60. The Labute approximate surface area is 207 Å². The van der Waals surface area contributed by atoms with Gasteiger partial charge in [-0.3, -0.25) is 4.99 Å². The zero-order chi connectivity index (χ0) is 21.6. The molecule has 1 fully saturated rings. The number of benzene rings is 1. The predicted molar refractivity (Wildman–Crippen MR) is 142 cm³/mol. The lowest BCUT2D eigenvalue weighted by Gasteiger charge is -2.36. The highest BCUT2D eigenvalue weighted by Gasteiger charge is 2.22. The highest BCUT2D eigenvalue weighted by molar-refractivity contribution is 14.0. The van der Waals surface area contributed by atoms with Gasteiger partial charge in [0.1, 0.15) is 5.82 Å². The van der Waals surface area contributed by atoms with Gasteiger partial charge in [-0.05, 0) is 43.5 Å². The van der Waals surface area contributed by atoms with Crippen LogP contribution in [0.25, 0.3) is 10.9 Å². The van der Waals surface area contributed by atoms with E-state index in [9.17, 15) is 0 Å². The molecule has 3 N–H and O–H groups in total. The van der Waals surface area contributed by atoms with Crippen molar-refractivity contribution in [2.75, 3.05) is 31.6 Å². The number of nitrogens with zero attached hydrogens (tertiary/aromatic N) is 3. The van der Waals surface area contributed by atoms with Crippen LogP contribution in [0.1, 0.15) is 25.0 Å². The van der Waals surface area contributed by atoms with Gasteiger partial charge in [-0.25, -0.2) is 4.98 Å². The summed E-state index contributed by atoms with van der Waals surface area (Å²) in [6, 6.07) is 12.6. The number of para-hydroxylation sites is 1. The molecule has 2 unspecified atom stereocenters. The fraction of sp³-hybridized carbons (Fsp3) is 0.417. The molecule has 8 heteroatoms. The van der Waals surface area contributed by atoms with E-state index >= 15 is 0 Å². The molecule has 0 radical (unpaired) electrons. The summed E-state index contributed by atoms with van der Waals surface area (Å²) >= 11 is 0. The van der Waals surface area contributed by atoms with Gasteiger partial charge in [0.15, 0.2) is 5.96 Å². The number of aliphatic imine (C=N–C) groups is 1. The van der Waals surface area contributed by atoms with Gasteiger partial charge in [0.2, 0.25) is 0 Å². The van der Waals surface area contributed by atoms with Crippen molar-refractivity contribution >= 4 is 46.7 Å². The Kier molecular flexibility index (Phi) is 8.75. The highest BCUT2D eigenvalue weighted by Crippen LogP contribution is 2.19. The Morgan fingerprint density at radius 2 is 1.94 bits per heavy atom. The standard InChI is InChI=1S/C24H32N6O.HI/c1-17-15-30(16-18(2)31-17)23-9-8-19(12-28-23)13-29-24(25-3)26-11-10-20-14-27-22-7-5-4-6-21(20)22;/h4-9,12,14,17-18,27H,10-11,13,15-16H2,1-3H3,(H2,25,26,29);1H. The van der Waals surface area contributed by atoms with Gasteiger partial charge < -0.3 is 25.3 Å². The van der Waals surface area contributed by atoms with Crippen LogP contribution in [0.15, 0.2) is 53.8 Å². The van der Waals surface area contributed by atoms with E-state index in [-0.39, 0.29) is 36.2 Å². The van der Waals surface area contributed by atoms with Crippen LogP contribution < -0.4 is 15.5 Å². The number of morpholine rings is 1. The lowest BCUT2D eigenvalue weighted by molar-refractivity contribution is -0.00545. The van der Waals surface area contributed by atoms with Crippen LogP contribution in [0.3, 0.4) is 0 Å². The molecule has 2 aromatic heterocycles. The fourth-order valence-electron chi connectivity index (χ4n) is 4.13. The first kappa shape index (κ1) is 24.3. The predicted octanol–water partition coefficient (Wildman–Crippen LogP) is 3.70. The maximum Gasteiger partial charge on any atom is 0.191 e. The zero-order valence-electron chi connectivity index (χ0n) is 19.0. The van der Waals surface area contributed by atoms with E-state index in [1.165, 1.54) is 16.5 Å². The van der Waals surface area contributed by atoms with Crippen molar-refractivity contribution in [2.24, 2.45) is 4.99 Å². The minimum Gasteiger partial charge on any atom is -0.372 e. The minimum atomic E-state index is 0. The number of halogens is 1. The molecule has 0 spiro atoms. The summed E-state index contributed by atoms with van der Waals surface area (Å²) < 4.78 is 5.81. The molecule has 4 rings (SSSR count). The number of pyridine rings is 1. The number of nitrogens with one attached hydrogen (secondary N) is 3. The number of ether oxygens (including phenoxy) is 1. The molecule has 172 valence electrons. The smallest absolute Gasteiger partial charge is 0.191 e. The third-order valence-electron chi connectivity index (χ3n) is 5.60. The first-order valence-electron chi connectivity index (χ1n) is 11.0. The number of guanidine groups is 1. The Hall–Kier alpha value is -2.33. The number of hydrogen-bond acceptors (Lipinski definition) is 4. The molecule has 1 saturated heterocycles. The van der Waals surface area contributed by atoms with Crippen molar-refractivity contribution in [2.45, 2.75) is 39.0 Å². The number of H-pyrrole nitrogens is 1. The van der Waals surface area contributed by atoms with E-state index in [4.69, 9.17) is 4.74 Å². The molecule has 2 atom stereocenters. The topological polar surface area (TPSA) is 77.6 Å². The first-order valence-corrected chi connectivity index (χ1v) is 11.0. The van der Waals surface area contributed by atoms with Crippen molar-refractivity contribution < 1.29 is 4.74 Å². The number of hydrogen-bond donors (Lipinski definition) is 3. The zero-order valence-corrected chi connectivity index (χ0v) is 21.3. The molecule has 0 saturated carbocycles. The number of aromatic amines is 1. The van der Waals surface area contributed by atoms with Crippen LogP contribution in [-0.4, -0.2) is 54.8 Å². The van der Waals surface area contributed by atoms with Crippen LogP contribution in [0.2, 0.25) is 0 Å². The monoisotopic (exact) mass is 548 g/mol. The molecule has 1 aliphatic rings. The number of anilines is 1. The van der Waals surface area contributed by atoms with Crippen LogP contribution in [-0.2, 0) is 17.7 Å². The summed E-state index contributed by atoms with van der Waals surface area (Å²) in [5.41, 5.74) is 3.61. The van der Waals surface area contributed by atoms with Crippen LogP contribution >= 0.6 is 24.0 Å². The lowest BCUT2D eigenvalue weighted by Crippen LogP contribution is -2.45. The molecule has 3 heterocycles. The molecular formula is C24H33IN6O. The third kappa shape index (κ3) is 6.13. The van der Waals surface area contributed by atoms with Crippen molar-refractivity contribution in [3.63, 3.8) is 0 Å². The SMILES string of the molecule is CN=C(NCCc1c[nH]c2ccccc12)NCc1ccc(N2CC(C)OC(C)C2)nc1.I. The van der Waals surface area contributed by atoms with Gasteiger partial charge in [-0.1, -0.05) is 24.3 Å². The molecule has 0 aliphatic carbocycles. The maximum absolute atomic E-state index is 5.81. The normalized spacial score (nSPS) is 19.0. The minimum absolute atomic E-state index is 0. The van der Waals surface area contributed by atoms with Gasteiger partial charge in [0, 0.05) is 56.5 Å². The van der Waals surface area contributed by atoms with E-state index in [0.717, 1.165) is 43.4 Å².